The van der Waals surface area contributed by atoms with Crippen LogP contribution in [0.15, 0.2) is 10.2 Å². The molecule has 0 unspecified atom stereocenters. The van der Waals surface area contributed by atoms with E-state index < -0.39 is 24.3 Å². The number of nitrogens with zero attached hydrogens (tertiary/aromatic N) is 6. The predicted molar refractivity (Wildman–Crippen MR) is 111 cm³/mol. The van der Waals surface area contributed by atoms with Gasteiger partial charge in [-0.1, -0.05) is 62.1 Å². The lowest BCUT2D eigenvalue weighted by Gasteiger charge is -2.24. The lowest BCUT2D eigenvalue weighted by Crippen LogP contribution is -2.33. The van der Waals surface area contributed by atoms with Crippen LogP contribution in [0, 0.1) is 0 Å². The first-order valence-electron chi connectivity index (χ1n) is 10.5. The first-order chi connectivity index (χ1) is 14.0. The third-order valence-corrected chi connectivity index (χ3v) is 4.98. The highest BCUT2D eigenvalue weighted by molar-refractivity contribution is 5.68. The highest BCUT2D eigenvalue weighted by Gasteiger charge is 2.25. The van der Waals surface area contributed by atoms with Crippen molar-refractivity contribution < 1.29 is 19.7 Å². The topological polar surface area (TPSA) is 164 Å². The minimum absolute atomic E-state index is 0.0557. The Morgan fingerprint density at radius 2 is 1.48 bits per heavy atom. The molecule has 0 saturated carbocycles. The number of aliphatic hydroxyl groups excluding tert-OH is 2. The monoisotopic (exact) mass is 412 g/mol. The second kappa shape index (κ2) is 18.1. The van der Waals surface area contributed by atoms with E-state index in [9.17, 15) is 15.0 Å². The molecule has 0 bridgehead atoms. The van der Waals surface area contributed by atoms with Gasteiger partial charge in [-0.2, -0.15) is 0 Å². The van der Waals surface area contributed by atoms with Gasteiger partial charge in [-0.25, -0.2) is 0 Å². The molecule has 0 fully saturated rings. The number of azide groups is 2. The van der Waals surface area contributed by atoms with E-state index in [2.05, 4.69) is 31.7 Å². The van der Waals surface area contributed by atoms with E-state index in [4.69, 9.17) is 11.1 Å². The van der Waals surface area contributed by atoms with Crippen molar-refractivity contribution in [2.45, 2.75) is 108 Å². The molecule has 0 heterocycles. The molecule has 29 heavy (non-hydrogen) atoms. The molecule has 0 aliphatic rings. The average molecular weight is 413 g/mol. The summed E-state index contributed by atoms with van der Waals surface area (Å²) in [5.74, 6) is -0.206. The van der Waals surface area contributed by atoms with Crippen molar-refractivity contribution in [2.24, 2.45) is 10.2 Å². The van der Waals surface area contributed by atoms with Gasteiger partial charge in [-0.3, -0.25) is 4.79 Å². The van der Waals surface area contributed by atoms with E-state index in [1.54, 1.807) is 0 Å². The van der Waals surface area contributed by atoms with Gasteiger partial charge >= 0.3 is 5.97 Å². The Morgan fingerprint density at radius 1 is 0.897 bits per heavy atom. The van der Waals surface area contributed by atoms with E-state index in [1.165, 1.54) is 7.11 Å². The van der Waals surface area contributed by atoms with Gasteiger partial charge in [0.2, 0.25) is 0 Å². The number of rotatable bonds is 18. The van der Waals surface area contributed by atoms with Crippen LogP contribution in [-0.2, 0) is 9.53 Å². The molecule has 0 aromatic rings. The maximum atomic E-state index is 11.0. The lowest BCUT2D eigenvalue weighted by atomic mass is 9.94. The minimum Gasteiger partial charge on any atom is -0.469 e. The molecule has 0 amide bonds. The molecule has 4 atom stereocenters. The summed E-state index contributed by atoms with van der Waals surface area (Å²) in [4.78, 5) is 16.7. The molecule has 10 nitrogen and oxygen atoms in total. The highest BCUT2D eigenvalue weighted by Crippen LogP contribution is 2.20. The molecule has 0 aromatic carbocycles. The molecule has 0 rings (SSSR count). The van der Waals surface area contributed by atoms with Gasteiger partial charge in [-0.05, 0) is 36.7 Å². The molecule has 0 radical (unpaired) electrons. The van der Waals surface area contributed by atoms with Crippen molar-refractivity contribution in [3.05, 3.63) is 20.9 Å². The van der Waals surface area contributed by atoms with E-state index in [-0.39, 0.29) is 12.4 Å². The van der Waals surface area contributed by atoms with Crippen LogP contribution in [0.2, 0.25) is 0 Å². The fourth-order valence-electron chi connectivity index (χ4n) is 3.20. The number of ether oxygens (including phenoxy) is 1. The zero-order chi connectivity index (χ0) is 21.9. The van der Waals surface area contributed by atoms with Gasteiger partial charge in [0, 0.05) is 16.2 Å². The molecule has 0 aliphatic heterocycles. The van der Waals surface area contributed by atoms with Crippen LogP contribution in [0.25, 0.3) is 20.9 Å². The highest BCUT2D eigenvalue weighted by atomic mass is 16.5. The summed E-state index contributed by atoms with van der Waals surface area (Å²) < 4.78 is 4.59. The summed E-state index contributed by atoms with van der Waals surface area (Å²) in [5, 5.41) is 28.1. The zero-order valence-corrected chi connectivity index (χ0v) is 17.7. The van der Waals surface area contributed by atoms with Crippen LogP contribution in [0.4, 0.5) is 0 Å². The van der Waals surface area contributed by atoms with Gasteiger partial charge in [0.25, 0.3) is 0 Å². The number of methoxy groups -OCH3 is 1. The number of carbonyl (C=O) groups excluding carboxylic acids is 1. The number of carbonyl (C=O) groups is 1. The Labute approximate surface area is 172 Å². The summed E-state index contributed by atoms with van der Waals surface area (Å²) in [6.07, 6.45) is 6.77. The van der Waals surface area contributed by atoms with Gasteiger partial charge < -0.3 is 14.9 Å². The Kier molecular flexibility index (Phi) is 16.8. The standard InChI is InChI=1S/C19H36N6O4/c1-3-4-8-12-17(26)16(23-25-21)14-18(27)15(22-24-20)11-9-6-5-7-10-13-19(28)29-2/h15-18,26-27H,3-14H2,1-2H3/t15-,16-,17+,18+/m0/s1. The van der Waals surface area contributed by atoms with E-state index in [0.717, 1.165) is 51.4 Å². The maximum Gasteiger partial charge on any atom is 0.305 e. The molecule has 0 aliphatic carbocycles. The van der Waals surface area contributed by atoms with Gasteiger partial charge in [0.1, 0.15) is 0 Å². The Balaban J connectivity index is 4.43. The van der Waals surface area contributed by atoms with Gasteiger partial charge in [-0.15, -0.1) is 0 Å². The van der Waals surface area contributed by atoms with Crippen LogP contribution in [0.1, 0.15) is 84.0 Å². The van der Waals surface area contributed by atoms with Gasteiger partial charge in [0.05, 0.1) is 31.4 Å². The minimum atomic E-state index is -0.985. The Bertz CT molecular complexity index is 535. The maximum absolute atomic E-state index is 11.0. The van der Waals surface area contributed by atoms with Crippen molar-refractivity contribution in [1.29, 1.82) is 0 Å². The summed E-state index contributed by atoms with van der Waals surface area (Å²) in [6.45, 7) is 2.06. The summed E-state index contributed by atoms with van der Waals surface area (Å²) in [6, 6.07) is -1.38. The number of hydrogen-bond acceptors (Lipinski definition) is 6. The first kappa shape index (κ1) is 27.0. The smallest absolute Gasteiger partial charge is 0.305 e. The second-order valence-electron chi connectivity index (χ2n) is 7.29. The second-order valence-corrected chi connectivity index (χ2v) is 7.29. The van der Waals surface area contributed by atoms with E-state index >= 15 is 0 Å². The fraction of sp³-hybridized carbons (Fsp3) is 0.947. The molecular weight excluding hydrogens is 376 g/mol. The normalized spacial score (nSPS) is 14.8. The lowest BCUT2D eigenvalue weighted by molar-refractivity contribution is -0.140. The predicted octanol–water partition coefficient (Wildman–Crippen LogP) is 4.94. The molecule has 166 valence electrons. The van der Waals surface area contributed by atoms with Crippen molar-refractivity contribution in [1.82, 2.24) is 0 Å². The molecule has 2 N–H and O–H groups in total. The van der Waals surface area contributed by atoms with Crippen molar-refractivity contribution in [2.75, 3.05) is 7.11 Å². The molecule has 0 aromatic heterocycles. The number of esters is 1. The fourth-order valence-corrected chi connectivity index (χ4v) is 3.20. The van der Waals surface area contributed by atoms with E-state index in [1.807, 2.05) is 0 Å². The third kappa shape index (κ3) is 13.8. The van der Waals surface area contributed by atoms with Crippen molar-refractivity contribution in [3.63, 3.8) is 0 Å². The van der Waals surface area contributed by atoms with Crippen molar-refractivity contribution in [3.8, 4) is 0 Å². The largest absolute Gasteiger partial charge is 0.469 e. The van der Waals surface area contributed by atoms with Crippen LogP contribution in [-0.4, -0.2) is 47.6 Å². The van der Waals surface area contributed by atoms with Crippen molar-refractivity contribution >= 4 is 5.97 Å². The summed E-state index contributed by atoms with van der Waals surface area (Å²) >= 11 is 0. The number of hydrogen-bond donors (Lipinski definition) is 2. The number of aliphatic hydroxyl groups is 2. The first-order valence-corrected chi connectivity index (χ1v) is 10.5. The van der Waals surface area contributed by atoms with E-state index in [0.29, 0.717) is 19.3 Å². The Hall–Kier alpha value is -1.99. The SMILES string of the molecule is CCCCC[C@@H](O)[C@H](C[C@@H](O)[C@H](CCCCCCCC(=O)OC)N=[N+]=[N-])N=[N+]=[N-]. The molecular formula is C19H36N6O4. The average Bonchev–Trinajstić information content (AvgIpc) is 2.71. The van der Waals surface area contributed by atoms with Crippen LogP contribution in [0.3, 0.4) is 0 Å². The Morgan fingerprint density at radius 3 is 2.10 bits per heavy atom. The van der Waals surface area contributed by atoms with Gasteiger partial charge in [0.15, 0.2) is 0 Å². The molecule has 10 heteroatoms. The molecule has 0 spiro atoms. The van der Waals surface area contributed by atoms with Crippen LogP contribution >= 0.6 is 0 Å². The third-order valence-electron chi connectivity index (χ3n) is 4.98. The van der Waals surface area contributed by atoms with Crippen LogP contribution < -0.4 is 0 Å². The quantitative estimate of drug-likeness (QED) is 0.107. The number of unbranched alkanes of at least 4 members (excludes halogenated alkanes) is 6. The molecule has 0 saturated heterocycles. The zero-order valence-electron chi connectivity index (χ0n) is 17.7. The van der Waals surface area contributed by atoms with Crippen LogP contribution in [0.5, 0.6) is 0 Å². The summed E-state index contributed by atoms with van der Waals surface area (Å²) in [7, 11) is 1.38. The summed E-state index contributed by atoms with van der Waals surface area (Å²) in [5.41, 5.74) is 17.6.